The van der Waals surface area contributed by atoms with E-state index >= 15 is 0 Å². The fraction of sp³-hybridized carbons (Fsp3) is 0.0476. The number of aryl methyl sites for hydroxylation is 1. The van der Waals surface area contributed by atoms with Crippen LogP contribution in [0.1, 0.15) is 5.56 Å². The molecule has 116 valence electrons. The van der Waals surface area contributed by atoms with E-state index in [4.69, 9.17) is 0 Å². The van der Waals surface area contributed by atoms with E-state index in [1.165, 1.54) is 5.56 Å². The third kappa shape index (κ3) is 2.30. The monoisotopic (exact) mass is 312 g/mol. The van der Waals surface area contributed by atoms with E-state index in [-0.39, 0.29) is 0 Å². The maximum Gasteiger partial charge on any atom is 0.489 e. The SMILES string of the molecule is Cc1ccc(-c2c3ccccc3c(B(O)O)c3ccccc23)cc1. The summed E-state index contributed by atoms with van der Waals surface area (Å²) >= 11 is 0. The van der Waals surface area contributed by atoms with Crippen molar-refractivity contribution in [2.75, 3.05) is 0 Å². The Morgan fingerprint density at radius 1 is 0.625 bits per heavy atom. The summed E-state index contributed by atoms with van der Waals surface area (Å²) in [6.45, 7) is 2.07. The molecular formula is C21H17BO2. The van der Waals surface area contributed by atoms with Crippen LogP contribution in [0.15, 0.2) is 72.8 Å². The highest BCUT2D eigenvalue weighted by molar-refractivity contribution is 6.66. The van der Waals surface area contributed by atoms with E-state index in [9.17, 15) is 10.0 Å². The molecular weight excluding hydrogens is 295 g/mol. The first-order valence-corrected chi connectivity index (χ1v) is 8.03. The summed E-state index contributed by atoms with van der Waals surface area (Å²) in [4.78, 5) is 0. The zero-order chi connectivity index (χ0) is 16.7. The van der Waals surface area contributed by atoms with Crippen LogP contribution < -0.4 is 5.46 Å². The largest absolute Gasteiger partial charge is 0.489 e. The molecule has 0 saturated carbocycles. The maximum atomic E-state index is 9.97. The third-order valence-electron chi connectivity index (χ3n) is 4.57. The lowest BCUT2D eigenvalue weighted by Gasteiger charge is -2.17. The summed E-state index contributed by atoms with van der Waals surface area (Å²) in [5.41, 5.74) is 4.05. The molecule has 0 bridgehead atoms. The Labute approximate surface area is 141 Å². The van der Waals surface area contributed by atoms with Crippen molar-refractivity contribution in [3.63, 3.8) is 0 Å². The van der Waals surface area contributed by atoms with Gasteiger partial charge in [-0.3, -0.25) is 0 Å². The minimum Gasteiger partial charge on any atom is -0.423 e. The van der Waals surface area contributed by atoms with Gasteiger partial charge in [-0.15, -0.1) is 0 Å². The predicted octanol–water partition coefficient (Wildman–Crippen LogP) is 3.65. The number of hydrogen-bond donors (Lipinski definition) is 2. The number of benzene rings is 4. The Morgan fingerprint density at radius 3 is 1.54 bits per heavy atom. The summed E-state index contributed by atoms with van der Waals surface area (Å²) in [5.74, 6) is 0. The molecule has 24 heavy (non-hydrogen) atoms. The van der Waals surface area contributed by atoms with Gasteiger partial charge < -0.3 is 10.0 Å². The van der Waals surface area contributed by atoms with Crippen LogP contribution in [0.3, 0.4) is 0 Å². The minimum absolute atomic E-state index is 0.567. The van der Waals surface area contributed by atoms with Gasteiger partial charge in [0.15, 0.2) is 0 Å². The fourth-order valence-corrected chi connectivity index (χ4v) is 3.47. The number of fused-ring (bicyclic) bond motifs is 2. The Kier molecular flexibility index (Phi) is 3.60. The van der Waals surface area contributed by atoms with Crippen LogP contribution in [0, 0.1) is 6.92 Å². The second-order valence-corrected chi connectivity index (χ2v) is 6.12. The van der Waals surface area contributed by atoms with E-state index in [0.29, 0.717) is 5.46 Å². The Balaban J connectivity index is 2.23. The molecule has 0 saturated heterocycles. The molecule has 0 aliphatic carbocycles. The van der Waals surface area contributed by atoms with Crippen molar-refractivity contribution in [1.82, 2.24) is 0 Å². The molecule has 0 spiro atoms. The first-order chi connectivity index (χ1) is 11.7. The van der Waals surface area contributed by atoms with Gasteiger partial charge in [-0.2, -0.15) is 0 Å². The van der Waals surface area contributed by atoms with Gasteiger partial charge in [0, 0.05) is 0 Å². The van der Waals surface area contributed by atoms with Crippen molar-refractivity contribution < 1.29 is 10.0 Å². The highest BCUT2D eigenvalue weighted by Crippen LogP contribution is 2.35. The first-order valence-electron chi connectivity index (χ1n) is 8.03. The molecule has 4 rings (SSSR count). The van der Waals surface area contributed by atoms with E-state index in [2.05, 4.69) is 31.2 Å². The summed E-state index contributed by atoms with van der Waals surface area (Å²) in [7, 11) is -1.51. The maximum absolute atomic E-state index is 9.97. The Bertz CT molecular complexity index is 980. The standard InChI is InChI=1S/C21H17BO2/c1-14-10-12-15(13-11-14)20-16-6-2-4-8-18(16)21(22(23)24)19-9-5-3-7-17(19)20/h2-13,23-24H,1H3. The smallest absolute Gasteiger partial charge is 0.423 e. The molecule has 2 nitrogen and oxygen atoms in total. The molecule has 0 aliphatic heterocycles. The molecule has 0 fully saturated rings. The molecule has 0 aromatic heterocycles. The minimum atomic E-state index is -1.51. The molecule has 0 atom stereocenters. The van der Waals surface area contributed by atoms with Gasteiger partial charge in [0.05, 0.1) is 0 Å². The first kappa shape index (κ1) is 14.9. The molecule has 0 radical (unpaired) electrons. The van der Waals surface area contributed by atoms with Crippen molar-refractivity contribution in [1.29, 1.82) is 0 Å². The molecule has 4 aromatic rings. The van der Waals surface area contributed by atoms with Crippen LogP contribution in [0.25, 0.3) is 32.7 Å². The van der Waals surface area contributed by atoms with Crippen molar-refractivity contribution in [3.8, 4) is 11.1 Å². The summed E-state index contributed by atoms with van der Waals surface area (Å²) in [6.07, 6.45) is 0. The third-order valence-corrected chi connectivity index (χ3v) is 4.57. The average molecular weight is 312 g/mol. The summed E-state index contributed by atoms with van der Waals surface area (Å²) < 4.78 is 0. The molecule has 0 unspecified atom stereocenters. The van der Waals surface area contributed by atoms with Crippen LogP contribution in [-0.2, 0) is 0 Å². The van der Waals surface area contributed by atoms with E-state index in [0.717, 1.165) is 32.7 Å². The number of hydrogen-bond acceptors (Lipinski definition) is 2. The lowest BCUT2D eigenvalue weighted by atomic mass is 9.72. The van der Waals surface area contributed by atoms with Crippen LogP contribution in [0.4, 0.5) is 0 Å². The quantitative estimate of drug-likeness (QED) is 0.438. The molecule has 0 heterocycles. The predicted molar refractivity (Wildman–Crippen MR) is 101 cm³/mol. The van der Waals surface area contributed by atoms with Gasteiger partial charge in [-0.05, 0) is 45.1 Å². The van der Waals surface area contributed by atoms with E-state index < -0.39 is 7.12 Å². The lowest BCUT2D eigenvalue weighted by Crippen LogP contribution is -2.31. The molecule has 3 heteroatoms. The summed E-state index contributed by atoms with van der Waals surface area (Å²) in [6, 6.07) is 24.3. The topological polar surface area (TPSA) is 40.5 Å². The fourth-order valence-electron chi connectivity index (χ4n) is 3.47. The highest BCUT2D eigenvalue weighted by Gasteiger charge is 2.21. The second-order valence-electron chi connectivity index (χ2n) is 6.12. The van der Waals surface area contributed by atoms with Crippen LogP contribution in [0.2, 0.25) is 0 Å². The molecule has 0 aliphatic rings. The van der Waals surface area contributed by atoms with Gasteiger partial charge in [-0.1, -0.05) is 78.4 Å². The van der Waals surface area contributed by atoms with Crippen LogP contribution in [-0.4, -0.2) is 17.2 Å². The lowest BCUT2D eigenvalue weighted by molar-refractivity contribution is 0.426. The van der Waals surface area contributed by atoms with Crippen molar-refractivity contribution in [3.05, 3.63) is 78.4 Å². The second kappa shape index (κ2) is 5.79. The number of rotatable bonds is 2. The Morgan fingerprint density at radius 2 is 1.08 bits per heavy atom. The van der Waals surface area contributed by atoms with Crippen LogP contribution >= 0.6 is 0 Å². The highest BCUT2D eigenvalue weighted by atomic mass is 16.4. The normalized spacial score (nSPS) is 11.1. The van der Waals surface area contributed by atoms with Gasteiger partial charge in [0.2, 0.25) is 0 Å². The summed E-state index contributed by atoms with van der Waals surface area (Å²) in [5, 5.41) is 23.8. The van der Waals surface area contributed by atoms with Crippen molar-refractivity contribution in [2.24, 2.45) is 0 Å². The zero-order valence-corrected chi connectivity index (χ0v) is 13.4. The zero-order valence-electron chi connectivity index (χ0n) is 13.4. The van der Waals surface area contributed by atoms with Crippen molar-refractivity contribution >= 4 is 34.1 Å². The van der Waals surface area contributed by atoms with Crippen LogP contribution in [0.5, 0.6) is 0 Å². The van der Waals surface area contributed by atoms with Gasteiger partial charge in [0.1, 0.15) is 0 Å². The molecule has 2 N–H and O–H groups in total. The average Bonchev–Trinajstić information content (AvgIpc) is 2.60. The molecule has 4 aromatic carbocycles. The van der Waals surface area contributed by atoms with E-state index in [1.807, 2.05) is 48.5 Å². The van der Waals surface area contributed by atoms with Crippen molar-refractivity contribution in [2.45, 2.75) is 6.92 Å². The molecule has 0 amide bonds. The van der Waals surface area contributed by atoms with Gasteiger partial charge >= 0.3 is 7.12 Å². The van der Waals surface area contributed by atoms with Gasteiger partial charge in [-0.25, -0.2) is 0 Å². The van der Waals surface area contributed by atoms with Gasteiger partial charge in [0.25, 0.3) is 0 Å². The Hall–Kier alpha value is -2.62. The van der Waals surface area contributed by atoms with E-state index in [1.54, 1.807) is 0 Å².